The maximum Gasteiger partial charge on any atom is 0.130 e. The standard InChI is InChI=1S/C16H15Br2NO/c1-2-11-12-5-6-14(20)15(18)13(12)4-3-9-7-10(17)8-19-16(9)11/h5-8,11,20H,2-4H2,1H3/t11-/m1/s1. The van der Waals surface area contributed by atoms with Crippen molar-refractivity contribution >= 4 is 31.9 Å². The Labute approximate surface area is 135 Å². The number of hydrogen-bond acceptors (Lipinski definition) is 2. The summed E-state index contributed by atoms with van der Waals surface area (Å²) in [5.74, 6) is 0.617. The minimum atomic E-state index is 0.299. The average molecular weight is 397 g/mol. The van der Waals surface area contributed by atoms with E-state index in [1.54, 1.807) is 6.07 Å². The maximum absolute atomic E-state index is 9.92. The van der Waals surface area contributed by atoms with Gasteiger partial charge in [0.1, 0.15) is 5.75 Å². The molecule has 0 saturated heterocycles. The number of aromatic nitrogens is 1. The quantitative estimate of drug-likeness (QED) is 0.739. The number of rotatable bonds is 1. The Balaban J connectivity index is 2.21. The fourth-order valence-corrected chi connectivity index (χ4v) is 3.97. The zero-order valence-corrected chi connectivity index (χ0v) is 14.3. The highest BCUT2D eigenvalue weighted by Crippen LogP contribution is 2.41. The van der Waals surface area contributed by atoms with Crippen LogP contribution in [0.15, 0.2) is 33.3 Å². The second kappa shape index (κ2) is 5.49. The van der Waals surface area contributed by atoms with E-state index in [9.17, 15) is 5.11 Å². The van der Waals surface area contributed by atoms with Gasteiger partial charge in [0.2, 0.25) is 0 Å². The lowest BCUT2D eigenvalue weighted by atomic mass is 9.89. The van der Waals surface area contributed by atoms with Crippen molar-refractivity contribution < 1.29 is 5.11 Å². The summed E-state index contributed by atoms with van der Waals surface area (Å²) in [5.41, 5.74) is 4.97. The van der Waals surface area contributed by atoms with Crippen LogP contribution in [0.5, 0.6) is 5.75 Å². The van der Waals surface area contributed by atoms with E-state index in [1.165, 1.54) is 22.4 Å². The van der Waals surface area contributed by atoms with Crippen LogP contribution >= 0.6 is 31.9 Å². The maximum atomic E-state index is 9.92. The number of aromatic hydroxyl groups is 1. The molecule has 104 valence electrons. The number of aryl methyl sites for hydroxylation is 1. The summed E-state index contributed by atoms with van der Waals surface area (Å²) >= 11 is 7.04. The summed E-state index contributed by atoms with van der Waals surface area (Å²) in [6.45, 7) is 2.19. The van der Waals surface area contributed by atoms with Crippen LogP contribution < -0.4 is 0 Å². The Morgan fingerprint density at radius 3 is 2.85 bits per heavy atom. The lowest BCUT2D eigenvalue weighted by Crippen LogP contribution is -2.05. The van der Waals surface area contributed by atoms with Gasteiger partial charge in [-0.3, -0.25) is 4.98 Å². The first-order valence-electron chi connectivity index (χ1n) is 6.76. The first-order chi connectivity index (χ1) is 9.61. The van der Waals surface area contributed by atoms with Crippen molar-refractivity contribution in [2.45, 2.75) is 32.1 Å². The van der Waals surface area contributed by atoms with Crippen molar-refractivity contribution in [2.75, 3.05) is 0 Å². The average Bonchev–Trinajstić information content (AvgIpc) is 2.59. The highest BCUT2D eigenvalue weighted by atomic mass is 79.9. The molecule has 0 spiro atoms. The van der Waals surface area contributed by atoms with Crippen LogP contribution in [0, 0.1) is 0 Å². The van der Waals surface area contributed by atoms with E-state index in [4.69, 9.17) is 0 Å². The molecule has 0 unspecified atom stereocenters. The molecule has 1 aliphatic carbocycles. The van der Waals surface area contributed by atoms with Gasteiger partial charge in [0, 0.05) is 16.6 Å². The predicted molar refractivity (Wildman–Crippen MR) is 87.3 cm³/mol. The molecule has 1 N–H and O–H groups in total. The first kappa shape index (κ1) is 14.1. The molecule has 0 saturated carbocycles. The molecular weight excluding hydrogens is 382 g/mol. The fourth-order valence-electron chi connectivity index (χ4n) is 3.03. The van der Waals surface area contributed by atoms with Gasteiger partial charge in [0.25, 0.3) is 0 Å². The Morgan fingerprint density at radius 2 is 2.10 bits per heavy atom. The van der Waals surface area contributed by atoms with Crippen molar-refractivity contribution in [2.24, 2.45) is 0 Å². The van der Waals surface area contributed by atoms with Crippen molar-refractivity contribution in [1.29, 1.82) is 0 Å². The molecule has 2 nitrogen and oxygen atoms in total. The van der Waals surface area contributed by atoms with Gasteiger partial charge in [0.05, 0.1) is 10.2 Å². The van der Waals surface area contributed by atoms with Crippen LogP contribution in [-0.2, 0) is 12.8 Å². The third kappa shape index (κ3) is 2.29. The molecule has 1 atom stereocenters. The molecule has 0 aliphatic heterocycles. The van der Waals surface area contributed by atoms with Gasteiger partial charge in [-0.05, 0) is 79.9 Å². The molecule has 0 radical (unpaired) electrons. The Hall–Kier alpha value is -0.870. The topological polar surface area (TPSA) is 33.1 Å². The second-order valence-corrected chi connectivity index (χ2v) is 6.83. The summed E-state index contributed by atoms with van der Waals surface area (Å²) in [4.78, 5) is 4.66. The van der Waals surface area contributed by atoms with E-state index in [0.717, 1.165) is 28.2 Å². The summed E-state index contributed by atoms with van der Waals surface area (Å²) in [7, 11) is 0. The molecule has 4 heteroatoms. The molecular formula is C16H15Br2NO. The Morgan fingerprint density at radius 1 is 1.30 bits per heavy atom. The number of pyridine rings is 1. The third-order valence-electron chi connectivity index (χ3n) is 3.99. The highest BCUT2D eigenvalue weighted by Gasteiger charge is 2.25. The van der Waals surface area contributed by atoms with Crippen molar-refractivity contribution in [3.63, 3.8) is 0 Å². The second-order valence-electron chi connectivity index (χ2n) is 5.13. The molecule has 0 fully saturated rings. The van der Waals surface area contributed by atoms with Crippen LogP contribution in [0.2, 0.25) is 0 Å². The van der Waals surface area contributed by atoms with E-state index >= 15 is 0 Å². The normalized spacial score (nSPS) is 17.2. The summed E-state index contributed by atoms with van der Waals surface area (Å²) < 4.78 is 1.86. The van der Waals surface area contributed by atoms with Gasteiger partial charge >= 0.3 is 0 Å². The van der Waals surface area contributed by atoms with Gasteiger partial charge in [0.15, 0.2) is 0 Å². The third-order valence-corrected chi connectivity index (χ3v) is 5.30. The SMILES string of the molecule is CC[C@@H]1c2ccc(O)c(Br)c2CCc2cc(Br)cnc21. The van der Waals surface area contributed by atoms with Crippen LogP contribution in [0.1, 0.15) is 41.6 Å². The predicted octanol–water partition coefficient (Wildman–Crippen LogP) is 4.95. The van der Waals surface area contributed by atoms with Gasteiger partial charge < -0.3 is 5.11 Å². The molecule has 1 aromatic heterocycles. The zero-order valence-electron chi connectivity index (χ0n) is 11.2. The molecule has 20 heavy (non-hydrogen) atoms. The highest BCUT2D eigenvalue weighted by molar-refractivity contribution is 9.10. The van der Waals surface area contributed by atoms with Gasteiger partial charge in [-0.1, -0.05) is 13.0 Å². The smallest absolute Gasteiger partial charge is 0.130 e. The number of halogens is 2. The minimum Gasteiger partial charge on any atom is -0.507 e. The number of phenols is 1. The van der Waals surface area contributed by atoms with Crippen molar-refractivity contribution in [1.82, 2.24) is 4.98 Å². The molecule has 1 heterocycles. The lowest BCUT2D eigenvalue weighted by molar-refractivity contribution is 0.470. The van der Waals surface area contributed by atoms with Crippen molar-refractivity contribution in [3.05, 3.63) is 55.7 Å². The minimum absolute atomic E-state index is 0.299. The molecule has 2 aromatic rings. The number of fused-ring (bicyclic) bond motifs is 2. The van der Waals surface area contributed by atoms with E-state index in [-0.39, 0.29) is 0 Å². The summed E-state index contributed by atoms with van der Waals surface area (Å²) in [6, 6.07) is 5.99. The van der Waals surface area contributed by atoms with E-state index in [0.29, 0.717) is 11.7 Å². The molecule has 0 bridgehead atoms. The monoisotopic (exact) mass is 395 g/mol. The Bertz CT molecular complexity index is 670. The Kier molecular flexibility index (Phi) is 3.87. The number of phenolic OH excluding ortho intramolecular Hbond substituents is 1. The van der Waals surface area contributed by atoms with E-state index in [1.807, 2.05) is 12.3 Å². The van der Waals surface area contributed by atoms with Crippen LogP contribution in [0.25, 0.3) is 0 Å². The largest absolute Gasteiger partial charge is 0.507 e. The van der Waals surface area contributed by atoms with Gasteiger partial charge in [-0.25, -0.2) is 0 Å². The fraction of sp³-hybridized carbons (Fsp3) is 0.312. The molecule has 0 amide bonds. The molecule has 3 rings (SSSR count). The van der Waals surface area contributed by atoms with Gasteiger partial charge in [-0.2, -0.15) is 0 Å². The zero-order chi connectivity index (χ0) is 14.3. The number of hydrogen-bond donors (Lipinski definition) is 1. The first-order valence-corrected chi connectivity index (χ1v) is 8.35. The van der Waals surface area contributed by atoms with Gasteiger partial charge in [-0.15, -0.1) is 0 Å². The lowest BCUT2D eigenvalue weighted by Gasteiger charge is -2.18. The molecule has 1 aromatic carbocycles. The summed E-state index contributed by atoms with van der Waals surface area (Å²) in [5, 5.41) is 9.92. The van der Waals surface area contributed by atoms with Crippen molar-refractivity contribution in [3.8, 4) is 5.75 Å². The molecule has 1 aliphatic rings. The van der Waals surface area contributed by atoms with Crippen LogP contribution in [0.4, 0.5) is 0 Å². The van der Waals surface area contributed by atoms with Crippen LogP contribution in [0.3, 0.4) is 0 Å². The van der Waals surface area contributed by atoms with Crippen LogP contribution in [-0.4, -0.2) is 10.1 Å². The summed E-state index contributed by atoms with van der Waals surface area (Å²) in [6.07, 6.45) is 4.76. The van der Waals surface area contributed by atoms with E-state index in [2.05, 4.69) is 49.8 Å². The number of benzene rings is 1. The number of nitrogens with zero attached hydrogens (tertiary/aromatic N) is 1. The van der Waals surface area contributed by atoms with E-state index < -0.39 is 0 Å².